The van der Waals surface area contributed by atoms with Crippen LogP contribution < -0.4 is 0 Å². The summed E-state index contributed by atoms with van der Waals surface area (Å²) in [6.45, 7) is 1.93. The average Bonchev–Trinajstić information content (AvgIpc) is 2.05. The van der Waals surface area contributed by atoms with E-state index in [-0.39, 0.29) is 5.78 Å². The Labute approximate surface area is 76.4 Å². The topological polar surface area (TPSA) is 30.0 Å². The average molecular weight is 181 g/mol. The molecule has 0 saturated heterocycles. The van der Waals surface area contributed by atoms with Gasteiger partial charge >= 0.3 is 0 Å². The van der Waals surface area contributed by atoms with Gasteiger partial charge in [-0.15, -0.1) is 0 Å². The predicted molar refractivity (Wildman–Crippen MR) is 51.7 cm³/mol. The Morgan fingerprint density at radius 3 is 2.92 bits per heavy atom. The molecular weight excluding hydrogens is 170 g/mol. The maximum Gasteiger partial charge on any atom is 0.174 e. The molecule has 0 amide bonds. The molecule has 0 aliphatic rings. The Hall–Kier alpha value is -0.830. The van der Waals surface area contributed by atoms with E-state index in [1.807, 2.05) is 19.2 Å². The highest BCUT2D eigenvalue weighted by atomic mass is 32.2. The van der Waals surface area contributed by atoms with Gasteiger partial charge in [0.15, 0.2) is 5.78 Å². The van der Waals surface area contributed by atoms with Crippen LogP contribution in [0.2, 0.25) is 0 Å². The Bertz CT molecular complexity index is 286. The summed E-state index contributed by atoms with van der Waals surface area (Å²) in [5.74, 6) is 0.684. The number of aryl methyl sites for hydroxylation is 1. The molecule has 0 saturated carbocycles. The molecule has 1 aromatic heterocycles. The molecule has 1 heterocycles. The van der Waals surface area contributed by atoms with E-state index in [1.165, 1.54) is 11.8 Å². The minimum atomic E-state index is 0.152. The van der Waals surface area contributed by atoms with Crippen molar-refractivity contribution < 1.29 is 4.79 Å². The third-order valence-electron chi connectivity index (χ3n) is 1.47. The second-order valence-corrected chi connectivity index (χ2v) is 3.47. The zero-order valence-corrected chi connectivity index (χ0v) is 8.02. The first-order valence-corrected chi connectivity index (χ1v) is 5.07. The van der Waals surface area contributed by atoms with E-state index in [0.717, 1.165) is 5.56 Å². The highest BCUT2D eigenvalue weighted by molar-refractivity contribution is 7.99. The number of carbonyl (C=O) groups is 1. The van der Waals surface area contributed by atoms with Gasteiger partial charge in [-0.05, 0) is 24.8 Å². The molecule has 0 unspecified atom stereocenters. The molecule has 1 aromatic rings. The van der Waals surface area contributed by atoms with Crippen molar-refractivity contribution in [3.05, 3.63) is 29.6 Å². The van der Waals surface area contributed by atoms with Crippen LogP contribution in [0.3, 0.4) is 0 Å². The molecule has 1 rings (SSSR count). The first kappa shape index (κ1) is 9.26. The van der Waals surface area contributed by atoms with Gasteiger partial charge in [0.1, 0.15) is 0 Å². The van der Waals surface area contributed by atoms with Crippen molar-refractivity contribution in [2.75, 3.05) is 12.0 Å². The fraction of sp³-hybridized carbons (Fsp3) is 0.333. The third kappa shape index (κ3) is 2.34. The van der Waals surface area contributed by atoms with E-state index in [2.05, 4.69) is 4.98 Å². The Balaban J connectivity index is 2.81. The second-order valence-electron chi connectivity index (χ2n) is 2.61. The summed E-state index contributed by atoms with van der Waals surface area (Å²) >= 11 is 1.53. The first-order chi connectivity index (χ1) is 5.74. The lowest BCUT2D eigenvalue weighted by molar-refractivity contribution is 0.102. The van der Waals surface area contributed by atoms with E-state index < -0.39 is 0 Å². The van der Waals surface area contributed by atoms with Crippen molar-refractivity contribution in [3.63, 3.8) is 0 Å². The number of hydrogen-bond donors (Lipinski definition) is 0. The quantitative estimate of drug-likeness (QED) is 0.667. The normalized spacial score (nSPS) is 9.83. The van der Waals surface area contributed by atoms with E-state index >= 15 is 0 Å². The van der Waals surface area contributed by atoms with Gasteiger partial charge in [-0.2, -0.15) is 11.8 Å². The van der Waals surface area contributed by atoms with Crippen LogP contribution in [0.25, 0.3) is 0 Å². The van der Waals surface area contributed by atoms with Gasteiger partial charge in [-0.25, -0.2) is 0 Å². The smallest absolute Gasteiger partial charge is 0.174 e. The van der Waals surface area contributed by atoms with Crippen molar-refractivity contribution >= 4 is 17.5 Å². The van der Waals surface area contributed by atoms with Gasteiger partial charge in [0, 0.05) is 18.0 Å². The Morgan fingerprint density at radius 2 is 2.33 bits per heavy atom. The summed E-state index contributed by atoms with van der Waals surface area (Å²) in [7, 11) is 0. The number of nitrogens with zero attached hydrogens (tertiary/aromatic N) is 1. The Kier molecular flexibility index (Phi) is 3.29. The van der Waals surface area contributed by atoms with Gasteiger partial charge in [-0.3, -0.25) is 9.78 Å². The van der Waals surface area contributed by atoms with Gasteiger partial charge in [-0.1, -0.05) is 0 Å². The summed E-state index contributed by atoms with van der Waals surface area (Å²) in [6, 6.07) is 1.87. The molecule has 12 heavy (non-hydrogen) atoms. The van der Waals surface area contributed by atoms with Crippen molar-refractivity contribution in [2.45, 2.75) is 6.92 Å². The highest BCUT2D eigenvalue weighted by Crippen LogP contribution is 2.05. The number of pyridine rings is 1. The van der Waals surface area contributed by atoms with Crippen LogP contribution in [0.15, 0.2) is 18.5 Å². The van der Waals surface area contributed by atoms with E-state index in [9.17, 15) is 4.79 Å². The lowest BCUT2D eigenvalue weighted by atomic mass is 10.2. The lowest BCUT2D eigenvalue weighted by Gasteiger charge is -1.98. The molecule has 0 atom stereocenters. The van der Waals surface area contributed by atoms with Crippen molar-refractivity contribution in [1.29, 1.82) is 0 Å². The lowest BCUT2D eigenvalue weighted by Crippen LogP contribution is -2.02. The molecule has 0 fully saturated rings. The van der Waals surface area contributed by atoms with E-state index in [4.69, 9.17) is 0 Å². The predicted octanol–water partition coefficient (Wildman–Crippen LogP) is 1.94. The molecule has 0 spiro atoms. The summed E-state index contributed by atoms with van der Waals surface area (Å²) < 4.78 is 0. The number of carbonyl (C=O) groups excluding carboxylic acids is 1. The molecule has 0 N–H and O–H groups in total. The fourth-order valence-electron chi connectivity index (χ4n) is 0.922. The molecule has 0 aromatic carbocycles. The maximum atomic E-state index is 11.3. The summed E-state index contributed by atoms with van der Waals surface area (Å²) in [6.07, 6.45) is 5.28. The molecule has 0 bridgehead atoms. The standard InChI is InChI=1S/C9H11NOS/c1-7-3-8(5-10-4-7)9(11)6-12-2/h3-5H,6H2,1-2H3. The van der Waals surface area contributed by atoms with Crippen LogP contribution >= 0.6 is 11.8 Å². The van der Waals surface area contributed by atoms with Gasteiger partial charge in [0.2, 0.25) is 0 Å². The summed E-state index contributed by atoms with van der Waals surface area (Å²) in [5.41, 5.74) is 1.74. The van der Waals surface area contributed by atoms with Crippen LogP contribution in [0.4, 0.5) is 0 Å². The largest absolute Gasteiger partial charge is 0.293 e. The number of Topliss-reactive ketones (excluding diaryl/α,β-unsaturated/α-hetero) is 1. The van der Waals surface area contributed by atoms with Gasteiger partial charge in [0.05, 0.1) is 5.75 Å². The SMILES string of the molecule is CSCC(=O)c1cncc(C)c1. The number of ketones is 1. The number of hydrogen-bond acceptors (Lipinski definition) is 3. The van der Waals surface area contributed by atoms with Crippen LogP contribution in [-0.2, 0) is 0 Å². The molecule has 0 aliphatic carbocycles. The highest BCUT2D eigenvalue weighted by Gasteiger charge is 2.04. The van der Waals surface area contributed by atoms with Crippen LogP contribution in [0.1, 0.15) is 15.9 Å². The van der Waals surface area contributed by atoms with E-state index in [0.29, 0.717) is 11.3 Å². The van der Waals surface area contributed by atoms with Gasteiger partial charge < -0.3 is 0 Å². The van der Waals surface area contributed by atoms with Crippen LogP contribution in [0, 0.1) is 6.92 Å². The van der Waals surface area contributed by atoms with Crippen LogP contribution in [-0.4, -0.2) is 22.8 Å². The molecule has 0 aliphatic heterocycles. The fourth-order valence-corrected chi connectivity index (χ4v) is 1.35. The zero-order valence-electron chi connectivity index (χ0n) is 7.20. The molecule has 64 valence electrons. The van der Waals surface area contributed by atoms with Crippen molar-refractivity contribution in [3.8, 4) is 0 Å². The molecular formula is C9H11NOS. The molecule has 3 heteroatoms. The van der Waals surface area contributed by atoms with Crippen molar-refractivity contribution in [1.82, 2.24) is 4.98 Å². The van der Waals surface area contributed by atoms with Crippen LogP contribution in [0.5, 0.6) is 0 Å². The number of thioether (sulfide) groups is 1. The molecule has 0 radical (unpaired) electrons. The minimum absolute atomic E-state index is 0.152. The minimum Gasteiger partial charge on any atom is -0.293 e. The number of aromatic nitrogens is 1. The summed E-state index contributed by atoms with van der Waals surface area (Å²) in [5, 5.41) is 0. The van der Waals surface area contributed by atoms with Crippen molar-refractivity contribution in [2.24, 2.45) is 0 Å². The summed E-state index contributed by atoms with van der Waals surface area (Å²) in [4.78, 5) is 15.3. The molecule has 2 nitrogen and oxygen atoms in total. The number of rotatable bonds is 3. The second kappa shape index (κ2) is 4.26. The zero-order chi connectivity index (χ0) is 8.97. The monoisotopic (exact) mass is 181 g/mol. The Morgan fingerprint density at radius 1 is 1.58 bits per heavy atom. The maximum absolute atomic E-state index is 11.3. The third-order valence-corrected chi connectivity index (χ3v) is 2.02. The first-order valence-electron chi connectivity index (χ1n) is 3.68. The van der Waals surface area contributed by atoms with E-state index in [1.54, 1.807) is 12.4 Å². The van der Waals surface area contributed by atoms with Gasteiger partial charge in [0.25, 0.3) is 0 Å².